The third-order valence-electron chi connectivity index (χ3n) is 3.09. The molecule has 1 heterocycles. The molecule has 2 rings (SSSR count). The average Bonchev–Trinajstić information content (AvgIpc) is 2.78. The zero-order valence-electron chi connectivity index (χ0n) is 9.58. The second-order valence-corrected chi connectivity index (χ2v) is 5.56. The lowest BCUT2D eigenvalue weighted by atomic mass is 10.1. The van der Waals surface area contributed by atoms with Crippen LogP contribution in [0.25, 0.3) is 0 Å². The Morgan fingerprint density at radius 1 is 1.56 bits per heavy atom. The predicted molar refractivity (Wildman–Crippen MR) is 68.2 cm³/mol. The maximum absolute atomic E-state index is 13.0. The highest BCUT2D eigenvalue weighted by atomic mass is 32.2. The minimum atomic E-state index is -0.150. The summed E-state index contributed by atoms with van der Waals surface area (Å²) in [6.45, 7) is 3.14. The Morgan fingerprint density at radius 2 is 2.44 bits per heavy atom. The molecular weight excluding hydrogens is 221 g/mol. The normalized spacial score (nSPS) is 22.2. The highest BCUT2D eigenvalue weighted by molar-refractivity contribution is 7.99. The number of hydrogen-bond acceptors (Lipinski definition) is 2. The molecule has 0 radical (unpaired) electrons. The molecule has 0 bridgehead atoms. The fraction of sp³-hybridized carbons (Fsp3) is 0.538. The Bertz CT molecular complexity index is 336. The van der Waals surface area contributed by atoms with Crippen molar-refractivity contribution in [3.63, 3.8) is 0 Å². The number of hydrogen-bond donors (Lipinski definition) is 1. The van der Waals surface area contributed by atoms with Gasteiger partial charge in [0.15, 0.2) is 0 Å². The maximum Gasteiger partial charge on any atom is 0.123 e. The zero-order chi connectivity index (χ0) is 11.4. The molecule has 1 aromatic carbocycles. The molecule has 0 saturated carbocycles. The molecule has 1 unspecified atom stereocenters. The summed E-state index contributed by atoms with van der Waals surface area (Å²) in [6.07, 6.45) is 1.31. The van der Waals surface area contributed by atoms with Crippen LogP contribution in [0, 0.1) is 11.7 Å². The third-order valence-corrected chi connectivity index (χ3v) is 4.32. The second kappa shape index (κ2) is 5.69. The third kappa shape index (κ3) is 3.22. The summed E-state index contributed by atoms with van der Waals surface area (Å²) in [7, 11) is 0. The Kier molecular flexibility index (Phi) is 4.24. The molecule has 1 aromatic rings. The van der Waals surface area contributed by atoms with E-state index in [4.69, 9.17) is 0 Å². The van der Waals surface area contributed by atoms with Gasteiger partial charge in [-0.2, -0.15) is 11.8 Å². The first-order valence-electron chi connectivity index (χ1n) is 5.82. The molecule has 1 nitrogen and oxygen atoms in total. The van der Waals surface area contributed by atoms with Crippen molar-refractivity contribution >= 4 is 11.8 Å². The lowest BCUT2D eigenvalue weighted by molar-refractivity contribution is 0.476. The summed E-state index contributed by atoms with van der Waals surface area (Å²) in [4.78, 5) is 0. The van der Waals surface area contributed by atoms with Crippen molar-refractivity contribution in [2.75, 3.05) is 18.1 Å². The van der Waals surface area contributed by atoms with Gasteiger partial charge in [-0.3, -0.25) is 0 Å². The first-order valence-corrected chi connectivity index (χ1v) is 6.98. The van der Waals surface area contributed by atoms with Crippen LogP contribution in [0.1, 0.15) is 24.9 Å². The second-order valence-electron chi connectivity index (χ2n) is 4.41. The molecule has 0 spiro atoms. The van der Waals surface area contributed by atoms with Gasteiger partial charge in [-0.05, 0) is 55.0 Å². The topological polar surface area (TPSA) is 12.0 Å². The van der Waals surface area contributed by atoms with E-state index in [9.17, 15) is 4.39 Å². The molecule has 3 heteroatoms. The molecule has 1 saturated heterocycles. The molecule has 2 atom stereocenters. The fourth-order valence-electron chi connectivity index (χ4n) is 1.98. The fourth-order valence-corrected chi connectivity index (χ4v) is 3.27. The van der Waals surface area contributed by atoms with Crippen LogP contribution in [-0.2, 0) is 0 Å². The summed E-state index contributed by atoms with van der Waals surface area (Å²) >= 11 is 2.03. The van der Waals surface area contributed by atoms with Gasteiger partial charge in [-0.25, -0.2) is 4.39 Å². The molecule has 0 amide bonds. The van der Waals surface area contributed by atoms with Crippen molar-refractivity contribution < 1.29 is 4.39 Å². The van der Waals surface area contributed by atoms with E-state index >= 15 is 0 Å². The van der Waals surface area contributed by atoms with Crippen LogP contribution in [-0.4, -0.2) is 18.1 Å². The van der Waals surface area contributed by atoms with Gasteiger partial charge in [0.05, 0.1) is 0 Å². The van der Waals surface area contributed by atoms with Crippen molar-refractivity contribution in [3.05, 3.63) is 35.6 Å². The molecule has 1 aliphatic rings. The monoisotopic (exact) mass is 239 g/mol. The predicted octanol–water partition coefficient (Wildman–Crippen LogP) is 3.23. The van der Waals surface area contributed by atoms with Gasteiger partial charge in [0.2, 0.25) is 0 Å². The summed E-state index contributed by atoms with van der Waals surface area (Å²) in [5.41, 5.74) is 1.03. The minimum absolute atomic E-state index is 0.150. The van der Waals surface area contributed by atoms with E-state index in [-0.39, 0.29) is 11.9 Å². The summed E-state index contributed by atoms with van der Waals surface area (Å²) in [5, 5.41) is 3.49. The van der Waals surface area contributed by atoms with Crippen LogP contribution in [0.4, 0.5) is 4.39 Å². The lowest BCUT2D eigenvalue weighted by Crippen LogP contribution is -2.25. The van der Waals surface area contributed by atoms with Crippen LogP contribution in [0.15, 0.2) is 24.3 Å². The lowest BCUT2D eigenvalue weighted by Gasteiger charge is -2.17. The summed E-state index contributed by atoms with van der Waals surface area (Å²) in [5.74, 6) is 3.20. The molecule has 88 valence electrons. The Hall–Kier alpha value is -0.540. The van der Waals surface area contributed by atoms with E-state index in [1.807, 2.05) is 17.8 Å². The van der Waals surface area contributed by atoms with Crippen LogP contribution >= 0.6 is 11.8 Å². The van der Waals surface area contributed by atoms with Gasteiger partial charge >= 0.3 is 0 Å². The van der Waals surface area contributed by atoms with E-state index in [2.05, 4.69) is 12.2 Å². The number of nitrogens with one attached hydrogen (secondary N) is 1. The van der Waals surface area contributed by atoms with Crippen molar-refractivity contribution in [3.8, 4) is 0 Å². The van der Waals surface area contributed by atoms with E-state index in [1.165, 1.54) is 24.0 Å². The van der Waals surface area contributed by atoms with Crippen LogP contribution < -0.4 is 5.32 Å². The standard InChI is InChI=1S/C13H18FNS/c1-10(12-3-2-4-13(14)7-12)15-8-11-5-6-16-9-11/h2-4,7,10-11,15H,5-6,8-9H2,1H3/t10-,11?/m1/s1. The highest BCUT2D eigenvalue weighted by Gasteiger charge is 2.16. The molecule has 0 aromatic heterocycles. The van der Waals surface area contributed by atoms with E-state index in [1.54, 1.807) is 12.1 Å². The van der Waals surface area contributed by atoms with Gasteiger partial charge in [0.25, 0.3) is 0 Å². The van der Waals surface area contributed by atoms with Crippen molar-refractivity contribution in [2.45, 2.75) is 19.4 Å². The van der Waals surface area contributed by atoms with Gasteiger partial charge < -0.3 is 5.32 Å². The Labute approximate surface area is 101 Å². The van der Waals surface area contributed by atoms with E-state index in [0.717, 1.165) is 18.0 Å². The zero-order valence-corrected chi connectivity index (χ0v) is 10.4. The van der Waals surface area contributed by atoms with Crippen molar-refractivity contribution in [1.29, 1.82) is 0 Å². The SMILES string of the molecule is C[C@@H](NCC1CCSC1)c1cccc(F)c1. The first-order chi connectivity index (χ1) is 7.75. The molecule has 1 fully saturated rings. The van der Waals surface area contributed by atoms with Crippen molar-refractivity contribution in [1.82, 2.24) is 5.32 Å². The quantitative estimate of drug-likeness (QED) is 0.865. The van der Waals surface area contributed by atoms with Crippen LogP contribution in [0.2, 0.25) is 0 Å². The van der Waals surface area contributed by atoms with Crippen molar-refractivity contribution in [2.24, 2.45) is 5.92 Å². The number of benzene rings is 1. The largest absolute Gasteiger partial charge is 0.310 e. The number of rotatable bonds is 4. The van der Waals surface area contributed by atoms with E-state index in [0.29, 0.717) is 0 Å². The van der Waals surface area contributed by atoms with Crippen LogP contribution in [0.5, 0.6) is 0 Å². The molecule has 16 heavy (non-hydrogen) atoms. The highest BCUT2D eigenvalue weighted by Crippen LogP contribution is 2.23. The molecular formula is C13H18FNS. The first kappa shape index (κ1) is 11.9. The van der Waals surface area contributed by atoms with Gasteiger partial charge in [0, 0.05) is 6.04 Å². The number of halogens is 1. The Balaban J connectivity index is 1.85. The smallest absolute Gasteiger partial charge is 0.123 e. The minimum Gasteiger partial charge on any atom is -0.310 e. The van der Waals surface area contributed by atoms with Gasteiger partial charge in [-0.15, -0.1) is 0 Å². The average molecular weight is 239 g/mol. The van der Waals surface area contributed by atoms with Gasteiger partial charge in [-0.1, -0.05) is 12.1 Å². The number of thioether (sulfide) groups is 1. The summed E-state index contributed by atoms with van der Waals surface area (Å²) < 4.78 is 13.0. The molecule has 1 aliphatic heterocycles. The maximum atomic E-state index is 13.0. The van der Waals surface area contributed by atoms with E-state index < -0.39 is 0 Å². The molecule has 0 aliphatic carbocycles. The Morgan fingerprint density at radius 3 is 3.12 bits per heavy atom. The molecule has 1 N–H and O–H groups in total. The van der Waals surface area contributed by atoms with Gasteiger partial charge in [0.1, 0.15) is 5.82 Å². The summed E-state index contributed by atoms with van der Waals surface area (Å²) in [6, 6.07) is 7.09. The van der Waals surface area contributed by atoms with Crippen LogP contribution in [0.3, 0.4) is 0 Å².